The summed E-state index contributed by atoms with van der Waals surface area (Å²) >= 11 is 0. The number of amides is 1. The molecular formula is C20H28N6O2. The summed E-state index contributed by atoms with van der Waals surface area (Å²) in [6.07, 6.45) is 9.08. The summed E-state index contributed by atoms with van der Waals surface area (Å²) in [6.45, 7) is 6.21. The zero-order valence-corrected chi connectivity index (χ0v) is 16.7. The molecule has 1 unspecified atom stereocenters. The standard InChI is InChI=1S/C20H28N6O2/c1-15-17(20(27)25-7-9-28-10-8-25)12-21-19(23-15)18-5-3-4-6-26(18)14-16-11-22-24(2)13-16/h11-13,18H,3-10,14H2,1-2H3. The molecule has 0 bridgehead atoms. The molecule has 1 amide bonds. The molecule has 28 heavy (non-hydrogen) atoms. The van der Waals surface area contributed by atoms with Crippen LogP contribution in [0.1, 0.15) is 52.7 Å². The fourth-order valence-electron chi connectivity index (χ4n) is 4.05. The second-order valence-electron chi connectivity index (χ2n) is 7.64. The van der Waals surface area contributed by atoms with E-state index in [1.807, 2.05) is 29.7 Å². The number of hydrogen-bond acceptors (Lipinski definition) is 6. The first-order chi connectivity index (χ1) is 13.6. The van der Waals surface area contributed by atoms with Crippen LogP contribution in [-0.4, -0.2) is 68.3 Å². The molecule has 0 radical (unpaired) electrons. The van der Waals surface area contributed by atoms with E-state index in [1.165, 1.54) is 18.4 Å². The Balaban J connectivity index is 1.52. The Hall–Kier alpha value is -2.32. The van der Waals surface area contributed by atoms with Gasteiger partial charge in [-0.2, -0.15) is 5.10 Å². The average Bonchev–Trinajstić information content (AvgIpc) is 3.13. The first-order valence-corrected chi connectivity index (χ1v) is 10.0. The van der Waals surface area contributed by atoms with Crippen molar-refractivity contribution >= 4 is 5.91 Å². The highest BCUT2D eigenvalue weighted by Gasteiger charge is 2.28. The number of ether oxygens (including phenoxy) is 1. The molecule has 8 heteroatoms. The lowest BCUT2D eigenvalue weighted by atomic mass is 10.0. The van der Waals surface area contributed by atoms with Crippen LogP contribution in [0.15, 0.2) is 18.6 Å². The van der Waals surface area contributed by atoms with Gasteiger partial charge in [0.25, 0.3) is 5.91 Å². The highest BCUT2D eigenvalue weighted by molar-refractivity contribution is 5.95. The Bertz CT molecular complexity index is 830. The molecule has 4 rings (SSSR count). The van der Waals surface area contributed by atoms with Gasteiger partial charge in [-0.05, 0) is 26.3 Å². The second-order valence-corrected chi connectivity index (χ2v) is 7.64. The highest BCUT2D eigenvalue weighted by Crippen LogP contribution is 2.30. The molecule has 2 aliphatic heterocycles. The van der Waals surface area contributed by atoms with Crippen molar-refractivity contribution in [3.8, 4) is 0 Å². The summed E-state index contributed by atoms with van der Waals surface area (Å²) in [7, 11) is 1.94. The zero-order chi connectivity index (χ0) is 19.5. The molecule has 4 heterocycles. The van der Waals surface area contributed by atoms with Crippen molar-refractivity contribution in [2.75, 3.05) is 32.8 Å². The Morgan fingerprint density at radius 1 is 1.21 bits per heavy atom. The van der Waals surface area contributed by atoms with Crippen LogP contribution in [0.3, 0.4) is 0 Å². The van der Waals surface area contributed by atoms with Gasteiger partial charge in [0, 0.05) is 44.6 Å². The van der Waals surface area contributed by atoms with Gasteiger partial charge >= 0.3 is 0 Å². The van der Waals surface area contributed by atoms with E-state index in [0.717, 1.165) is 31.0 Å². The lowest BCUT2D eigenvalue weighted by molar-refractivity contribution is 0.0301. The predicted octanol–water partition coefficient (Wildman–Crippen LogP) is 1.72. The number of likely N-dealkylation sites (tertiary alicyclic amines) is 1. The number of piperidine rings is 1. The molecule has 8 nitrogen and oxygen atoms in total. The summed E-state index contributed by atoms with van der Waals surface area (Å²) in [6, 6.07) is 0.181. The van der Waals surface area contributed by atoms with Crippen molar-refractivity contribution in [1.82, 2.24) is 29.5 Å². The van der Waals surface area contributed by atoms with Crippen LogP contribution >= 0.6 is 0 Å². The van der Waals surface area contributed by atoms with Crippen molar-refractivity contribution in [1.29, 1.82) is 0 Å². The maximum atomic E-state index is 12.8. The number of aromatic nitrogens is 4. The molecule has 0 saturated carbocycles. The number of nitrogens with zero attached hydrogens (tertiary/aromatic N) is 6. The highest BCUT2D eigenvalue weighted by atomic mass is 16.5. The van der Waals surface area contributed by atoms with E-state index in [-0.39, 0.29) is 11.9 Å². The molecule has 150 valence electrons. The monoisotopic (exact) mass is 384 g/mol. The SMILES string of the molecule is Cc1nc(C2CCCCN2Cc2cnn(C)c2)ncc1C(=O)N1CCOCC1. The molecule has 0 N–H and O–H groups in total. The zero-order valence-electron chi connectivity index (χ0n) is 16.7. The molecule has 2 aliphatic rings. The van der Waals surface area contributed by atoms with Crippen LogP contribution in [0, 0.1) is 6.92 Å². The van der Waals surface area contributed by atoms with Gasteiger partial charge in [0.2, 0.25) is 0 Å². The number of aryl methyl sites for hydroxylation is 2. The van der Waals surface area contributed by atoms with Crippen LogP contribution in [0.5, 0.6) is 0 Å². The van der Waals surface area contributed by atoms with E-state index >= 15 is 0 Å². The van der Waals surface area contributed by atoms with Gasteiger partial charge in [0.05, 0.1) is 36.7 Å². The maximum Gasteiger partial charge on any atom is 0.257 e. The van der Waals surface area contributed by atoms with Gasteiger partial charge in [-0.15, -0.1) is 0 Å². The molecule has 2 aromatic heterocycles. The van der Waals surface area contributed by atoms with Crippen molar-refractivity contribution in [3.63, 3.8) is 0 Å². The fraction of sp³-hybridized carbons (Fsp3) is 0.600. The van der Waals surface area contributed by atoms with Crippen LogP contribution in [0.25, 0.3) is 0 Å². The average molecular weight is 384 g/mol. The Kier molecular flexibility index (Phi) is 5.68. The molecule has 2 fully saturated rings. The van der Waals surface area contributed by atoms with Crippen molar-refractivity contribution in [2.45, 2.75) is 38.8 Å². The summed E-state index contributed by atoms with van der Waals surface area (Å²) in [5, 5.41) is 4.28. The van der Waals surface area contributed by atoms with E-state index in [9.17, 15) is 4.79 Å². The summed E-state index contributed by atoms with van der Waals surface area (Å²) in [4.78, 5) is 26.4. The molecule has 0 aliphatic carbocycles. The van der Waals surface area contributed by atoms with E-state index in [4.69, 9.17) is 9.72 Å². The molecule has 0 aromatic carbocycles. The smallest absolute Gasteiger partial charge is 0.257 e. The third kappa shape index (κ3) is 4.07. The lowest BCUT2D eigenvalue weighted by Crippen LogP contribution is -2.41. The molecule has 1 atom stereocenters. The number of carbonyl (C=O) groups is 1. The summed E-state index contributed by atoms with van der Waals surface area (Å²) in [5.74, 6) is 0.822. The summed E-state index contributed by atoms with van der Waals surface area (Å²) < 4.78 is 7.17. The third-order valence-electron chi connectivity index (χ3n) is 5.58. The number of hydrogen-bond donors (Lipinski definition) is 0. The van der Waals surface area contributed by atoms with Gasteiger partial charge in [-0.1, -0.05) is 6.42 Å². The normalized spacial score (nSPS) is 21.1. The first kappa shape index (κ1) is 19.0. The largest absolute Gasteiger partial charge is 0.378 e. The number of carbonyl (C=O) groups excluding carboxylic acids is 1. The molecular weight excluding hydrogens is 356 g/mol. The Labute approximate surface area is 165 Å². The molecule has 2 aromatic rings. The predicted molar refractivity (Wildman–Crippen MR) is 104 cm³/mol. The van der Waals surface area contributed by atoms with Gasteiger partial charge in [-0.25, -0.2) is 9.97 Å². The van der Waals surface area contributed by atoms with Crippen LogP contribution < -0.4 is 0 Å². The minimum atomic E-state index is 0.00297. The number of morpholine rings is 1. The molecule has 0 spiro atoms. The maximum absolute atomic E-state index is 12.8. The van der Waals surface area contributed by atoms with Crippen LogP contribution in [0.4, 0.5) is 0 Å². The lowest BCUT2D eigenvalue weighted by Gasteiger charge is -2.34. The van der Waals surface area contributed by atoms with E-state index < -0.39 is 0 Å². The summed E-state index contributed by atoms with van der Waals surface area (Å²) in [5.41, 5.74) is 2.55. The topological polar surface area (TPSA) is 76.4 Å². The third-order valence-corrected chi connectivity index (χ3v) is 5.58. The Morgan fingerprint density at radius 2 is 2.04 bits per heavy atom. The van der Waals surface area contributed by atoms with E-state index in [1.54, 1.807) is 6.20 Å². The van der Waals surface area contributed by atoms with Crippen molar-refractivity contribution < 1.29 is 9.53 Å². The van der Waals surface area contributed by atoms with Crippen molar-refractivity contribution in [3.05, 3.63) is 41.2 Å². The molecule has 2 saturated heterocycles. The minimum absolute atomic E-state index is 0.00297. The van der Waals surface area contributed by atoms with Gasteiger partial charge < -0.3 is 9.64 Å². The second kappa shape index (κ2) is 8.36. The van der Waals surface area contributed by atoms with E-state index in [0.29, 0.717) is 31.9 Å². The van der Waals surface area contributed by atoms with Gasteiger partial charge in [-0.3, -0.25) is 14.4 Å². The van der Waals surface area contributed by atoms with Crippen LogP contribution in [0.2, 0.25) is 0 Å². The minimum Gasteiger partial charge on any atom is -0.378 e. The van der Waals surface area contributed by atoms with Gasteiger partial charge in [0.1, 0.15) is 5.82 Å². The Morgan fingerprint density at radius 3 is 2.75 bits per heavy atom. The van der Waals surface area contributed by atoms with Crippen molar-refractivity contribution in [2.24, 2.45) is 7.05 Å². The van der Waals surface area contributed by atoms with Gasteiger partial charge in [0.15, 0.2) is 0 Å². The number of rotatable bonds is 4. The van der Waals surface area contributed by atoms with E-state index in [2.05, 4.69) is 21.2 Å². The van der Waals surface area contributed by atoms with Crippen LogP contribution in [-0.2, 0) is 18.3 Å². The fourth-order valence-corrected chi connectivity index (χ4v) is 4.05. The first-order valence-electron chi connectivity index (χ1n) is 10.0. The quantitative estimate of drug-likeness (QED) is 0.799.